The molecule has 15 heavy (non-hydrogen) atoms. The predicted molar refractivity (Wildman–Crippen MR) is 47.3 cm³/mol. The van der Waals surface area contributed by atoms with E-state index >= 15 is 0 Å². The molecule has 4 nitrogen and oxygen atoms in total. The smallest absolute Gasteiger partial charge is 0.393 e. The van der Waals surface area contributed by atoms with Crippen molar-refractivity contribution in [3.8, 4) is 0 Å². The number of hydrogen-bond donors (Lipinski definition) is 1. The summed E-state index contributed by atoms with van der Waals surface area (Å²) < 4.78 is 36.1. The van der Waals surface area contributed by atoms with E-state index in [4.69, 9.17) is 5.73 Å². The summed E-state index contributed by atoms with van der Waals surface area (Å²) in [6.45, 7) is 0. The second-order valence-corrected chi connectivity index (χ2v) is 2.90. The number of alkyl halides is 3. The van der Waals surface area contributed by atoms with Gasteiger partial charge in [-0.1, -0.05) is 12.1 Å². The number of nitrogen functional groups attached to an aromatic ring is 1. The lowest BCUT2D eigenvalue weighted by Crippen LogP contribution is -2.13. The van der Waals surface area contributed by atoms with Crippen LogP contribution in [0.25, 0.3) is 0 Å². The lowest BCUT2D eigenvalue weighted by atomic mass is 10.1. The Morgan fingerprint density at radius 3 is 2.47 bits per heavy atom. The largest absolute Gasteiger partial charge is 0.393 e. The monoisotopic (exact) mass is 220 g/mol. The Morgan fingerprint density at radius 1 is 1.40 bits per heavy atom. The number of benzene rings is 1. The van der Waals surface area contributed by atoms with Crippen molar-refractivity contribution in [2.75, 3.05) is 5.73 Å². The number of para-hydroxylation sites is 1. The van der Waals surface area contributed by atoms with E-state index in [9.17, 15) is 23.3 Å². The SMILES string of the molecule is Nc1c(CC(F)(F)F)cccc1[N+](=O)[O-]. The van der Waals surface area contributed by atoms with Crippen molar-refractivity contribution in [3.05, 3.63) is 33.9 Å². The lowest BCUT2D eigenvalue weighted by Gasteiger charge is -2.08. The summed E-state index contributed by atoms with van der Waals surface area (Å²) in [5.74, 6) is 0. The normalized spacial score (nSPS) is 11.4. The molecule has 0 heterocycles. The van der Waals surface area contributed by atoms with Crippen molar-refractivity contribution in [1.82, 2.24) is 0 Å². The average Bonchev–Trinajstić information content (AvgIpc) is 2.05. The predicted octanol–water partition coefficient (Wildman–Crippen LogP) is 2.28. The average molecular weight is 220 g/mol. The molecule has 0 saturated carbocycles. The molecule has 2 N–H and O–H groups in total. The van der Waals surface area contributed by atoms with E-state index in [2.05, 4.69) is 0 Å². The van der Waals surface area contributed by atoms with Crippen LogP contribution in [-0.4, -0.2) is 11.1 Å². The van der Waals surface area contributed by atoms with E-state index < -0.39 is 28.9 Å². The number of nitro groups is 1. The topological polar surface area (TPSA) is 69.2 Å². The van der Waals surface area contributed by atoms with Crippen LogP contribution in [0.2, 0.25) is 0 Å². The van der Waals surface area contributed by atoms with Crippen LogP contribution >= 0.6 is 0 Å². The van der Waals surface area contributed by atoms with Crippen LogP contribution in [0.3, 0.4) is 0 Å². The highest BCUT2D eigenvalue weighted by Crippen LogP contribution is 2.30. The first-order chi connectivity index (χ1) is 6.81. The summed E-state index contributed by atoms with van der Waals surface area (Å²) in [6, 6.07) is 3.36. The zero-order valence-corrected chi connectivity index (χ0v) is 7.41. The maximum absolute atomic E-state index is 12.0. The first-order valence-corrected chi connectivity index (χ1v) is 3.90. The van der Waals surface area contributed by atoms with Gasteiger partial charge in [0.15, 0.2) is 0 Å². The number of anilines is 1. The van der Waals surface area contributed by atoms with Gasteiger partial charge in [-0.15, -0.1) is 0 Å². The first-order valence-electron chi connectivity index (χ1n) is 3.90. The molecular weight excluding hydrogens is 213 g/mol. The van der Waals surface area contributed by atoms with Crippen molar-refractivity contribution < 1.29 is 18.1 Å². The van der Waals surface area contributed by atoms with Gasteiger partial charge in [0.2, 0.25) is 0 Å². The third-order valence-corrected chi connectivity index (χ3v) is 1.76. The molecule has 0 aliphatic rings. The summed E-state index contributed by atoms with van der Waals surface area (Å²) in [7, 11) is 0. The fraction of sp³-hybridized carbons (Fsp3) is 0.250. The molecule has 0 aromatic heterocycles. The minimum Gasteiger partial charge on any atom is -0.393 e. The number of nitro benzene ring substituents is 1. The Morgan fingerprint density at radius 2 is 2.00 bits per heavy atom. The van der Waals surface area contributed by atoms with E-state index in [0.29, 0.717) is 0 Å². The second kappa shape index (κ2) is 3.76. The van der Waals surface area contributed by atoms with Gasteiger partial charge in [0.25, 0.3) is 5.69 Å². The van der Waals surface area contributed by atoms with Crippen molar-refractivity contribution in [3.63, 3.8) is 0 Å². The van der Waals surface area contributed by atoms with Crippen LogP contribution in [0, 0.1) is 10.1 Å². The molecule has 7 heteroatoms. The van der Waals surface area contributed by atoms with Gasteiger partial charge in [0.1, 0.15) is 5.69 Å². The molecule has 82 valence electrons. The quantitative estimate of drug-likeness (QED) is 0.472. The van der Waals surface area contributed by atoms with Crippen molar-refractivity contribution in [1.29, 1.82) is 0 Å². The molecule has 0 radical (unpaired) electrons. The van der Waals surface area contributed by atoms with Crippen LogP contribution in [0.15, 0.2) is 18.2 Å². The zero-order chi connectivity index (χ0) is 11.6. The Kier molecular flexibility index (Phi) is 2.83. The van der Waals surface area contributed by atoms with Crippen LogP contribution in [0.1, 0.15) is 5.56 Å². The van der Waals surface area contributed by atoms with E-state index in [-0.39, 0.29) is 5.56 Å². The standard InChI is InChI=1S/C8H7F3N2O2/c9-8(10,11)4-5-2-1-3-6(7(5)12)13(14)15/h1-3H,4,12H2. The van der Waals surface area contributed by atoms with Gasteiger partial charge >= 0.3 is 6.18 Å². The maximum Gasteiger partial charge on any atom is 0.393 e. The zero-order valence-electron chi connectivity index (χ0n) is 7.41. The molecule has 0 atom stereocenters. The van der Waals surface area contributed by atoms with Gasteiger partial charge in [-0.05, 0) is 5.56 Å². The second-order valence-electron chi connectivity index (χ2n) is 2.90. The molecule has 1 rings (SSSR count). The van der Waals surface area contributed by atoms with Gasteiger partial charge in [-0.3, -0.25) is 10.1 Å². The Labute approximate surface area is 82.7 Å². The fourth-order valence-corrected chi connectivity index (χ4v) is 1.13. The van der Waals surface area contributed by atoms with E-state index in [1.165, 1.54) is 6.07 Å². The van der Waals surface area contributed by atoms with Gasteiger partial charge < -0.3 is 5.73 Å². The Bertz CT molecular complexity index is 390. The Hall–Kier alpha value is -1.79. The van der Waals surface area contributed by atoms with Crippen molar-refractivity contribution in [2.45, 2.75) is 12.6 Å². The molecule has 0 aliphatic carbocycles. The highest BCUT2D eigenvalue weighted by atomic mass is 19.4. The number of nitrogens with two attached hydrogens (primary N) is 1. The fourth-order valence-electron chi connectivity index (χ4n) is 1.13. The van der Waals surface area contributed by atoms with Crippen molar-refractivity contribution >= 4 is 11.4 Å². The van der Waals surface area contributed by atoms with Gasteiger partial charge in [-0.25, -0.2) is 0 Å². The summed E-state index contributed by atoms with van der Waals surface area (Å²) in [5, 5.41) is 10.4. The van der Waals surface area contributed by atoms with Crippen LogP contribution in [0.4, 0.5) is 24.5 Å². The number of halogens is 3. The van der Waals surface area contributed by atoms with Crippen LogP contribution in [-0.2, 0) is 6.42 Å². The highest BCUT2D eigenvalue weighted by Gasteiger charge is 2.30. The highest BCUT2D eigenvalue weighted by molar-refractivity contribution is 5.63. The molecule has 1 aromatic rings. The summed E-state index contributed by atoms with van der Waals surface area (Å²) in [6.07, 6.45) is -5.69. The molecule has 0 spiro atoms. The molecule has 1 aromatic carbocycles. The molecule has 0 aliphatic heterocycles. The molecule has 0 amide bonds. The molecule has 0 unspecified atom stereocenters. The number of nitrogens with zero attached hydrogens (tertiary/aromatic N) is 1. The molecule has 0 bridgehead atoms. The van der Waals surface area contributed by atoms with Gasteiger partial charge in [-0.2, -0.15) is 13.2 Å². The van der Waals surface area contributed by atoms with Crippen molar-refractivity contribution in [2.24, 2.45) is 0 Å². The first kappa shape index (κ1) is 11.3. The number of rotatable bonds is 2. The van der Waals surface area contributed by atoms with E-state index in [1.807, 2.05) is 0 Å². The maximum atomic E-state index is 12.0. The third-order valence-electron chi connectivity index (χ3n) is 1.76. The summed E-state index contributed by atoms with van der Waals surface area (Å²) >= 11 is 0. The molecular formula is C8H7F3N2O2. The van der Waals surface area contributed by atoms with Gasteiger partial charge in [0, 0.05) is 6.07 Å². The molecule has 0 fully saturated rings. The summed E-state index contributed by atoms with van der Waals surface area (Å²) in [4.78, 5) is 9.57. The van der Waals surface area contributed by atoms with Crippen LogP contribution < -0.4 is 5.73 Å². The minimum atomic E-state index is -4.43. The summed E-state index contributed by atoms with van der Waals surface area (Å²) in [5.41, 5.74) is 4.04. The minimum absolute atomic E-state index is 0.281. The van der Waals surface area contributed by atoms with E-state index in [1.54, 1.807) is 0 Å². The Balaban J connectivity index is 3.10. The lowest BCUT2D eigenvalue weighted by molar-refractivity contribution is -0.384. The van der Waals surface area contributed by atoms with Gasteiger partial charge in [0.05, 0.1) is 11.3 Å². The van der Waals surface area contributed by atoms with Crippen LogP contribution in [0.5, 0.6) is 0 Å². The number of hydrogen-bond acceptors (Lipinski definition) is 3. The molecule has 0 saturated heterocycles. The van der Waals surface area contributed by atoms with E-state index in [0.717, 1.165) is 12.1 Å². The third kappa shape index (κ3) is 2.83.